The highest BCUT2D eigenvalue weighted by atomic mass is 16.3. The largest absolute Gasteiger partial charge is 0.392 e. The summed E-state index contributed by atoms with van der Waals surface area (Å²) in [6.07, 6.45) is 0. The van der Waals surface area contributed by atoms with Gasteiger partial charge in [0, 0.05) is 18.8 Å². The zero-order chi connectivity index (χ0) is 12.5. The summed E-state index contributed by atoms with van der Waals surface area (Å²) in [4.78, 5) is 2.39. The Hall–Kier alpha value is -1.80. The van der Waals surface area contributed by atoms with Crippen molar-refractivity contribution in [2.75, 3.05) is 4.90 Å². The minimum absolute atomic E-state index is 0.112. The van der Waals surface area contributed by atoms with Crippen molar-refractivity contribution in [3.63, 3.8) is 0 Å². The minimum atomic E-state index is 0.112. The van der Waals surface area contributed by atoms with Crippen molar-refractivity contribution in [3.8, 4) is 0 Å². The van der Waals surface area contributed by atoms with Crippen LogP contribution in [0.3, 0.4) is 0 Å². The molecule has 0 atom stereocenters. The molecule has 0 saturated heterocycles. The fraction of sp³-hybridized carbons (Fsp3) is 0.250. The van der Waals surface area contributed by atoms with Gasteiger partial charge < -0.3 is 10.0 Å². The lowest BCUT2D eigenvalue weighted by molar-refractivity contribution is 0.282. The van der Waals surface area contributed by atoms with Crippen molar-refractivity contribution in [2.45, 2.75) is 26.6 Å². The Labute approximate surface area is 107 Å². The van der Waals surface area contributed by atoms with E-state index in [-0.39, 0.29) is 6.61 Å². The third kappa shape index (κ3) is 1.89. The summed E-state index contributed by atoms with van der Waals surface area (Å²) in [6.45, 7) is 4.18. The van der Waals surface area contributed by atoms with Gasteiger partial charge in [0.05, 0.1) is 6.61 Å². The molecule has 0 bridgehead atoms. The SMILES string of the molecule is Cc1cc(CO)ccc1N1Cc2ccccc2C1. The van der Waals surface area contributed by atoms with Gasteiger partial charge in [0.1, 0.15) is 0 Å². The second-order valence-electron chi connectivity index (χ2n) is 4.90. The minimum Gasteiger partial charge on any atom is -0.392 e. The number of fused-ring (bicyclic) bond motifs is 1. The van der Waals surface area contributed by atoms with Gasteiger partial charge in [-0.3, -0.25) is 0 Å². The van der Waals surface area contributed by atoms with E-state index in [9.17, 15) is 0 Å². The number of rotatable bonds is 2. The Kier molecular flexibility index (Phi) is 2.80. The third-order valence-corrected chi connectivity index (χ3v) is 3.63. The molecule has 0 amide bonds. The van der Waals surface area contributed by atoms with Crippen molar-refractivity contribution in [1.29, 1.82) is 0 Å². The molecule has 0 unspecified atom stereocenters. The second kappa shape index (κ2) is 4.46. The van der Waals surface area contributed by atoms with Crippen LogP contribution in [0.1, 0.15) is 22.3 Å². The fourth-order valence-corrected chi connectivity index (χ4v) is 2.67. The molecule has 0 aliphatic carbocycles. The molecule has 0 spiro atoms. The first-order chi connectivity index (χ1) is 8.78. The van der Waals surface area contributed by atoms with E-state index in [0.717, 1.165) is 18.7 Å². The van der Waals surface area contributed by atoms with Crippen LogP contribution in [0.25, 0.3) is 0 Å². The molecular weight excluding hydrogens is 222 g/mol. The molecule has 1 aliphatic rings. The van der Waals surface area contributed by atoms with Crippen molar-refractivity contribution in [1.82, 2.24) is 0 Å². The second-order valence-corrected chi connectivity index (χ2v) is 4.90. The van der Waals surface area contributed by atoms with E-state index in [1.807, 2.05) is 6.07 Å². The van der Waals surface area contributed by atoms with E-state index in [4.69, 9.17) is 5.11 Å². The highest BCUT2D eigenvalue weighted by molar-refractivity contribution is 5.57. The van der Waals surface area contributed by atoms with Crippen LogP contribution in [0.4, 0.5) is 5.69 Å². The van der Waals surface area contributed by atoms with Crippen LogP contribution >= 0.6 is 0 Å². The topological polar surface area (TPSA) is 23.5 Å². The van der Waals surface area contributed by atoms with Gasteiger partial charge in [0.2, 0.25) is 0 Å². The summed E-state index contributed by atoms with van der Waals surface area (Å²) in [7, 11) is 0. The standard InChI is InChI=1S/C16H17NO/c1-12-8-13(11-18)6-7-16(12)17-9-14-4-2-3-5-15(14)10-17/h2-8,18H,9-11H2,1H3. The van der Waals surface area contributed by atoms with Gasteiger partial charge in [-0.2, -0.15) is 0 Å². The average molecular weight is 239 g/mol. The Balaban J connectivity index is 1.90. The first kappa shape index (κ1) is 11.3. The number of benzene rings is 2. The molecule has 0 fully saturated rings. The van der Waals surface area contributed by atoms with Gasteiger partial charge in [-0.1, -0.05) is 36.4 Å². The maximum atomic E-state index is 9.15. The average Bonchev–Trinajstić information content (AvgIpc) is 2.81. The van der Waals surface area contributed by atoms with Crippen LogP contribution in [0.15, 0.2) is 42.5 Å². The number of nitrogens with zero attached hydrogens (tertiary/aromatic N) is 1. The summed E-state index contributed by atoms with van der Waals surface area (Å²) < 4.78 is 0. The number of anilines is 1. The molecule has 2 nitrogen and oxygen atoms in total. The van der Waals surface area contributed by atoms with Crippen LogP contribution < -0.4 is 4.90 Å². The first-order valence-corrected chi connectivity index (χ1v) is 6.30. The highest BCUT2D eigenvalue weighted by Gasteiger charge is 2.19. The summed E-state index contributed by atoms with van der Waals surface area (Å²) in [5.41, 5.74) is 6.32. The zero-order valence-corrected chi connectivity index (χ0v) is 10.6. The maximum Gasteiger partial charge on any atom is 0.0681 e. The molecule has 18 heavy (non-hydrogen) atoms. The molecule has 0 radical (unpaired) electrons. The molecule has 3 rings (SSSR count). The van der Waals surface area contributed by atoms with Crippen LogP contribution in [0.2, 0.25) is 0 Å². The quantitative estimate of drug-likeness (QED) is 0.870. The smallest absolute Gasteiger partial charge is 0.0681 e. The van der Waals surface area contributed by atoms with Crippen molar-refractivity contribution in [2.24, 2.45) is 0 Å². The molecule has 1 aliphatic heterocycles. The van der Waals surface area contributed by atoms with Crippen LogP contribution in [-0.2, 0) is 19.7 Å². The summed E-state index contributed by atoms with van der Waals surface area (Å²) in [6, 6.07) is 14.8. The van der Waals surface area contributed by atoms with E-state index in [1.54, 1.807) is 0 Å². The van der Waals surface area contributed by atoms with Gasteiger partial charge in [0.15, 0.2) is 0 Å². The van der Waals surface area contributed by atoms with Gasteiger partial charge in [-0.15, -0.1) is 0 Å². The molecule has 2 heteroatoms. The van der Waals surface area contributed by atoms with Gasteiger partial charge >= 0.3 is 0 Å². The van der Waals surface area contributed by atoms with Gasteiger partial charge in [-0.25, -0.2) is 0 Å². The lowest BCUT2D eigenvalue weighted by Crippen LogP contribution is -2.15. The van der Waals surface area contributed by atoms with E-state index >= 15 is 0 Å². The Bertz CT molecular complexity index is 552. The Morgan fingerprint density at radius 1 is 1.06 bits per heavy atom. The molecule has 1 heterocycles. The van der Waals surface area contributed by atoms with Crippen molar-refractivity contribution in [3.05, 3.63) is 64.7 Å². The molecular formula is C16H17NO. The van der Waals surface area contributed by atoms with Gasteiger partial charge in [0.25, 0.3) is 0 Å². The maximum absolute atomic E-state index is 9.15. The van der Waals surface area contributed by atoms with E-state index in [0.29, 0.717) is 0 Å². The van der Waals surface area contributed by atoms with Crippen molar-refractivity contribution >= 4 is 5.69 Å². The van der Waals surface area contributed by atoms with Crippen LogP contribution in [0.5, 0.6) is 0 Å². The lowest BCUT2D eigenvalue weighted by atomic mass is 10.1. The van der Waals surface area contributed by atoms with Crippen LogP contribution in [-0.4, -0.2) is 5.11 Å². The fourth-order valence-electron chi connectivity index (χ4n) is 2.67. The van der Waals surface area contributed by atoms with E-state index in [1.165, 1.54) is 22.4 Å². The number of hydrogen-bond acceptors (Lipinski definition) is 2. The van der Waals surface area contributed by atoms with Crippen molar-refractivity contribution < 1.29 is 5.11 Å². The molecule has 2 aromatic rings. The summed E-state index contributed by atoms with van der Waals surface area (Å²) in [5, 5.41) is 9.15. The molecule has 0 saturated carbocycles. The number of hydrogen-bond donors (Lipinski definition) is 1. The van der Waals surface area contributed by atoms with Crippen LogP contribution in [0, 0.1) is 6.92 Å². The zero-order valence-electron chi connectivity index (χ0n) is 10.6. The lowest BCUT2D eigenvalue weighted by Gasteiger charge is -2.20. The third-order valence-electron chi connectivity index (χ3n) is 3.63. The number of aliphatic hydroxyl groups is 1. The molecule has 92 valence electrons. The Morgan fingerprint density at radius 2 is 1.72 bits per heavy atom. The highest BCUT2D eigenvalue weighted by Crippen LogP contribution is 2.30. The Morgan fingerprint density at radius 3 is 2.28 bits per heavy atom. The predicted molar refractivity (Wildman–Crippen MR) is 73.4 cm³/mol. The molecule has 2 aromatic carbocycles. The van der Waals surface area contributed by atoms with E-state index < -0.39 is 0 Å². The van der Waals surface area contributed by atoms with E-state index in [2.05, 4.69) is 48.2 Å². The normalized spacial score (nSPS) is 13.8. The number of aliphatic hydroxyl groups excluding tert-OH is 1. The summed E-state index contributed by atoms with van der Waals surface area (Å²) in [5.74, 6) is 0. The first-order valence-electron chi connectivity index (χ1n) is 6.30. The molecule has 1 N–H and O–H groups in total. The summed E-state index contributed by atoms with van der Waals surface area (Å²) >= 11 is 0. The monoisotopic (exact) mass is 239 g/mol. The predicted octanol–water partition coefficient (Wildman–Crippen LogP) is 3.01. The molecule has 0 aromatic heterocycles. The number of aryl methyl sites for hydroxylation is 1. The van der Waals surface area contributed by atoms with Gasteiger partial charge in [-0.05, 0) is 35.2 Å².